The van der Waals surface area contributed by atoms with Crippen molar-refractivity contribution < 1.29 is 22.0 Å². The quantitative estimate of drug-likeness (QED) is 0.219. The van der Waals surface area contributed by atoms with E-state index in [0.717, 1.165) is 36.1 Å². The van der Waals surface area contributed by atoms with Crippen molar-refractivity contribution in [1.82, 2.24) is 0 Å². The van der Waals surface area contributed by atoms with Crippen molar-refractivity contribution in [2.24, 2.45) is 0 Å². The lowest BCUT2D eigenvalue weighted by molar-refractivity contribution is 0.446. The summed E-state index contributed by atoms with van der Waals surface area (Å²) < 4.78 is 69.1. The van der Waals surface area contributed by atoms with Crippen LogP contribution in [0.25, 0.3) is 0 Å². The maximum atomic E-state index is 14.8. The van der Waals surface area contributed by atoms with E-state index in [4.69, 9.17) is 0 Å². The molecule has 0 bridgehead atoms. The average molecular weight is 454 g/mol. The summed E-state index contributed by atoms with van der Waals surface area (Å²) in [6.07, 6.45) is 4.25. The Hall–Kier alpha value is -3.13. The zero-order valence-corrected chi connectivity index (χ0v) is 18.3. The highest BCUT2D eigenvalue weighted by Crippen LogP contribution is 2.35. The molecule has 0 aromatic heterocycles. The average Bonchev–Trinajstić information content (AvgIpc) is 2.81. The number of benzene rings is 3. The van der Waals surface area contributed by atoms with E-state index < -0.39 is 29.1 Å². The van der Waals surface area contributed by atoms with Crippen LogP contribution in [0.1, 0.15) is 65.5 Å². The number of hydrogen-bond donors (Lipinski definition) is 0. The molecular formula is C28H23F5. The van der Waals surface area contributed by atoms with Crippen LogP contribution in [0.5, 0.6) is 0 Å². The molecule has 33 heavy (non-hydrogen) atoms. The lowest BCUT2D eigenvalue weighted by Crippen LogP contribution is -2.15. The molecule has 0 saturated heterocycles. The van der Waals surface area contributed by atoms with E-state index in [1.807, 2.05) is 19.1 Å². The predicted octanol–water partition coefficient (Wildman–Crippen LogP) is 7.40. The third-order valence-corrected chi connectivity index (χ3v) is 6.20. The molecule has 4 rings (SSSR count). The minimum atomic E-state index is -1.52. The smallest absolute Gasteiger partial charge is 0.194 e. The van der Waals surface area contributed by atoms with Gasteiger partial charge in [-0.1, -0.05) is 43.4 Å². The molecule has 0 aliphatic heterocycles. The number of rotatable bonds is 4. The Labute approximate surface area is 190 Å². The third kappa shape index (κ3) is 4.95. The van der Waals surface area contributed by atoms with E-state index in [1.165, 1.54) is 0 Å². The first-order chi connectivity index (χ1) is 15.9. The van der Waals surface area contributed by atoms with Crippen LogP contribution in [-0.4, -0.2) is 0 Å². The zero-order valence-electron chi connectivity index (χ0n) is 18.3. The van der Waals surface area contributed by atoms with Gasteiger partial charge in [-0.3, -0.25) is 0 Å². The highest BCUT2D eigenvalue weighted by Gasteiger charge is 2.25. The first kappa shape index (κ1) is 23.0. The second-order valence-electron chi connectivity index (χ2n) is 8.47. The van der Waals surface area contributed by atoms with E-state index in [9.17, 15) is 22.0 Å². The summed E-state index contributed by atoms with van der Waals surface area (Å²) in [5, 5.41) is 0. The molecular weight excluding hydrogens is 431 g/mol. The maximum Gasteiger partial charge on any atom is 0.194 e. The number of aryl methyl sites for hydroxylation is 2. The van der Waals surface area contributed by atoms with Crippen molar-refractivity contribution in [3.8, 4) is 11.8 Å². The van der Waals surface area contributed by atoms with Gasteiger partial charge in [-0.2, -0.15) is 0 Å². The monoisotopic (exact) mass is 454 g/mol. The number of fused-ring (bicyclic) bond motifs is 1. The van der Waals surface area contributed by atoms with Crippen molar-refractivity contribution in [3.05, 3.63) is 105 Å². The highest BCUT2D eigenvalue weighted by atomic mass is 19.2. The standard InChI is InChI=1S/C28H23F5/c1-2-3-4-19-11-12-23(27(32)26(19)31)22-10-9-20-13-17(7-8-21(20)16-22)5-6-18-14-24(29)28(33)25(30)15-18/h7-8,11-15,22H,2-4,9-10,16H2,1H3. The van der Waals surface area contributed by atoms with Gasteiger partial charge in [-0.25, -0.2) is 22.0 Å². The number of hydrogen-bond acceptors (Lipinski definition) is 0. The van der Waals surface area contributed by atoms with Gasteiger partial charge in [-0.15, -0.1) is 0 Å². The SMILES string of the molecule is CCCCc1ccc(C2CCc3cc(C#Cc4cc(F)c(F)c(F)c4)ccc3C2)c(F)c1F. The van der Waals surface area contributed by atoms with Crippen LogP contribution >= 0.6 is 0 Å². The molecule has 0 heterocycles. The largest absolute Gasteiger partial charge is 0.204 e. The Morgan fingerprint density at radius 1 is 0.788 bits per heavy atom. The Bertz CT molecular complexity index is 1230. The highest BCUT2D eigenvalue weighted by molar-refractivity contribution is 5.47. The van der Waals surface area contributed by atoms with Gasteiger partial charge in [0.25, 0.3) is 0 Å². The molecule has 0 radical (unpaired) electrons. The van der Waals surface area contributed by atoms with Crippen LogP contribution in [0.2, 0.25) is 0 Å². The summed E-state index contributed by atoms with van der Waals surface area (Å²) in [4.78, 5) is 0. The number of unbranched alkanes of at least 4 members (excludes halogenated alkanes) is 1. The second kappa shape index (κ2) is 9.79. The minimum Gasteiger partial charge on any atom is -0.204 e. The van der Waals surface area contributed by atoms with Gasteiger partial charge in [0.05, 0.1) is 0 Å². The molecule has 0 fully saturated rings. The van der Waals surface area contributed by atoms with E-state index >= 15 is 0 Å². The van der Waals surface area contributed by atoms with Crippen LogP contribution in [0.4, 0.5) is 22.0 Å². The number of halogens is 5. The first-order valence-corrected chi connectivity index (χ1v) is 11.1. The fraction of sp³-hybridized carbons (Fsp3) is 0.286. The van der Waals surface area contributed by atoms with Crippen LogP contribution in [0.15, 0.2) is 42.5 Å². The Kier molecular flexibility index (Phi) is 6.83. The van der Waals surface area contributed by atoms with Gasteiger partial charge in [0, 0.05) is 11.1 Å². The van der Waals surface area contributed by atoms with Crippen LogP contribution < -0.4 is 0 Å². The van der Waals surface area contributed by atoms with Gasteiger partial charge < -0.3 is 0 Å². The summed E-state index contributed by atoms with van der Waals surface area (Å²) in [7, 11) is 0. The molecule has 0 amide bonds. The molecule has 1 atom stereocenters. The van der Waals surface area contributed by atoms with Crippen LogP contribution in [0.3, 0.4) is 0 Å². The second-order valence-corrected chi connectivity index (χ2v) is 8.47. The fourth-order valence-corrected chi connectivity index (χ4v) is 4.35. The molecule has 0 N–H and O–H groups in total. The van der Waals surface area contributed by atoms with Crippen molar-refractivity contribution in [1.29, 1.82) is 0 Å². The lowest BCUT2D eigenvalue weighted by atomic mass is 9.79. The Balaban J connectivity index is 1.52. The molecule has 1 aliphatic rings. The van der Waals surface area contributed by atoms with E-state index in [0.29, 0.717) is 42.4 Å². The van der Waals surface area contributed by atoms with Gasteiger partial charge in [0.1, 0.15) is 0 Å². The van der Waals surface area contributed by atoms with Gasteiger partial charge in [0.15, 0.2) is 29.1 Å². The summed E-state index contributed by atoms with van der Waals surface area (Å²) in [6, 6.07) is 10.7. The Morgan fingerprint density at radius 2 is 1.52 bits per heavy atom. The molecule has 3 aromatic rings. The van der Waals surface area contributed by atoms with Crippen molar-refractivity contribution in [2.75, 3.05) is 0 Å². The third-order valence-electron chi connectivity index (χ3n) is 6.20. The molecule has 170 valence electrons. The van der Waals surface area contributed by atoms with E-state index in [-0.39, 0.29) is 11.5 Å². The fourth-order valence-electron chi connectivity index (χ4n) is 4.35. The van der Waals surface area contributed by atoms with Gasteiger partial charge in [-0.05, 0) is 84.5 Å². The van der Waals surface area contributed by atoms with Crippen LogP contribution in [-0.2, 0) is 19.3 Å². The maximum absolute atomic E-state index is 14.8. The molecule has 1 aliphatic carbocycles. The molecule has 0 spiro atoms. The lowest BCUT2D eigenvalue weighted by Gasteiger charge is -2.26. The minimum absolute atomic E-state index is 0.0454. The molecule has 1 unspecified atom stereocenters. The van der Waals surface area contributed by atoms with E-state index in [2.05, 4.69) is 11.8 Å². The van der Waals surface area contributed by atoms with Gasteiger partial charge >= 0.3 is 0 Å². The summed E-state index contributed by atoms with van der Waals surface area (Å²) >= 11 is 0. The zero-order chi connectivity index (χ0) is 23.5. The molecule has 0 saturated carbocycles. The summed E-state index contributed by atoms with van der Waals surface area (Å²) in [6.45, 7) is 2.02. The molecule has 5 heteroatoms. The molecule has 3 aromatic carbocycles. The normalized spacial score (nSPS) is 15.0. The Morgan fingerprint density at radius 3 is 2.24 bits per heavy atom. The molecule has 0 nitrogen and oxygen atoms in total. The van der Waals surface area contributed by atoms with E-state index in [1.54, 1.807) is 18.2 Å². The van der Waals surface area contributed by atoms with Crippen molar-refractivity contribution >= 4 is 0 Å². The summed E-state index contributed by atoms with van der Waals surface area (Å²) in [5.41, 5.74) is 3.67. The first-order valence-electron chi connectivity index (χ1n) is 11.1. The summed E-state index contributed by atoms with van der Waals surface area (Å²) in [5.74, 6) is -0.139. The predicted molar refractivity (Wildman–Crippen MR) is 118 cm³/mol. The topological polar surface area (TPSA) is 0 Å². The van der Waals surface area contributed by atoms with Gasteiger partial charge in [0.2, 0.25) is 0 Å². The van der Waals surface area contributed by atoms with Crippen molar-refractivity contribution in [2.45, 2.75) is 51.4 Å². The van der Waals surface area contributed by atoms with Crippen LogP contribution in [0, 0.1) is 40.9 Å². The van der Waals surface area contributed by atoms with Crippen molar-refractivity contribution in [3.63, 3.8) is 0 Å².